The van der Waals surface area contributed by atoms with Crippen molar-refractivity contribution >= 4 is 55.4 Å². The lowest BCUT2D eigenvalue weighted by Crippen LogP contribution is -2.60. The molecule has 7 aliphatic rings. The van der Waals surface area contributed by atoms with Crippen LogP contribution < -0.4 is 24.6 Å². The molecule has 5 aromatic rings. The molecule has 4 N–H and O–H groups in total. The van der Waals surface area contributed by atoms with Gasteiger partial charge in [-0.1, -0.05) is 38.1 Å². The lowest BCUT2D eigenvalue weighted by atomic mass is 9.59. The number of fused-ring (bicyclic) bond motifs is 3. The van der Waals surface area contributed by atoms with Gasteiger partial charge >= 0.3 is 0 Å². The summed E-state index contributed by atoms with van der Waals surface area (Å²) in [6.07, 6.45) is 11.5. The van der Waals surface area contributed by atoms with Crippen LogP contribution in [0.4, 0.5) is 28.4 Å². The van der Waals surface area contributed by atoms with Crippen LogP contribution in [0, 0.1) is 27.4 Å². The molecule has 19 heteroatoms. The number of sulfonamides is 1. The van der Waals surface area contributed by atoms with Crippen molar-refractivity contribution in [3.63, 3.8) is 0 Å². The van der Waals surface area contributed by atoms with Crippen LogP contribution in [-0.2, 0) is 19.5 Å². The number of nitrogens with one attached hydrogen (secondary N) is 3. The van der Waals surface area contributed by atoms with Gasteiger partial charge in [0, 0.05) is 101 Å². The number of amides is 1. The highest BCUT2D eigenvalue weighted by atomic mass is 32.2. The zero-order chi connectivity index (χ0) is 54.6. The molecule has 5 aliphatic heterocycles. The van der Waals surface area contributed by atoms with Crippen molar-refractivity contribution in [2.75, 3.05) is 87.4 Å². The molecule has 18 nitrogen and oxygen atoms in total. The number of hydrogen-bond donors (Lipinski definition) is 4. The number of carbonyl (C=O) groups excluding carboxylic acids is 1. The van der Waals surface area contributed by atoms with Gasteiger partial charge in [0.05, 0.1) is 39.3 Å². The van der Waals surface area contributed by atoms with Crippen molar-refractivity contribution in [2.45, 2.75) is 132 Å². The number of nitrogens with zero attached hydrogens (tertiary/aromatic N) is 6. The van der Waals surface area contributed by atoms with Gasteiger partial charge < -0.3 is 39.4 Å². The minimum absolute atomic E-state index is 0.121. The Hall–Kier alpha value is -5.83. The van der Waals surface area contributed by atoms with Crippen LogP contribution in [0.2, 0.25) is 0 Å². The molecule has 79 heavy (non-hydrogen) atoms. The Bertz CT molecular complexity index is 3150. The second-order valence-corrected chi connectivity index (χ2v) is 26.2. The van der Waals surface area contributed by atoms with Crippen molar-refractivity contribution in [1.82, 2.24) is 24.5 Å². The SMILES string of the molecule is CC(C)c1ccccc1[C@@H]1CN(CC2CCOCC2)CCN1C1CC2(CCN(c3ccc(C(=O)NS(=O)(=O)c4ccc(NCC5CCC(C)(O)CC5)c([N+](=O)[O-])c4)c(N4c5cc6cc[nH]c6nc5O[C@H]5COCC[C@@H]54)c3)CC2)C1. The van der Waals surface area contributed by atoms with Gasteiger partial charge in [-0.2, -0.15) is 4.98 Å². The number of piperazine rings is 1. The fourth-order valence-electron chi connectivity index (χ4n) is 14.2. The van der Waals surface area contributed by atoms with Crippen LogP contribution in [0.15, 0.2) is 83.9 Å². The van der Waals surface area contributed by atoms with E-state index < -0.39 is 43.1 Å². The maximum atomic E-state index is 14.8. The first-order valence-corrected chi connectivity index (χ1v) is 30.4. The summed E-state index contributed by atoms with van der Waals surface area (Å²) in [5.74, 6) is 0.832. The maximum absolute atomic E-state index is 14.8. The van der Waals surface area contributed by atoms with E-state index in [1.807, 2.05) is 37.4 Å². The van der Waals surface area contributed by atoms with Gasteiger partial charge in [-0.15, -0.1) is 0 Å². The van der Waals surface area contributed by atoms with E-state index in [1.54, 1.807) is 6.07 Å². The number of rotatable bonds is 14. The van der Waals surface area contributed by atoms with Crippen LogP contribution >= 0.6 is 0 Å². The van der Waals surface area contributed by atoms with Crippen LogP contribution in [0.1, 0.15) is 125 Å². The number of ether oxygens (including phenoxy) is 3. The molecule has 7 heterocycles. The molecule has 6 fully saturated rings. The molecule has 0 bridgehead atoms. The van der Waals surface area contributed by atoms with Gasteiger partial charge in [-0.05, 0) is 154 Å². The molecular formula is C60H77N9O9S. The molecule has 2 aromatic heterocycles. The Balaban J connectivity index is 0.799. The lowest BCUT2D eigenvalue weighted by molar-refractivity contribution is -0.384. The average Bonchev–Trinajstić information content (AvgIpc) is 4.11. The van der Waals surface area contributed by atoms with Crippen LogP contribution in [0.3, 0.4) is 0 Å². The van der Waals surface area contributed by atoms with E-state index in [4.69, 9.17) is 19.2 Å². The Morgan fingerprint density at radius 1 is 0.899 bits per heavy atom. The summed E-state index contributed by atoms with van der Waals surface area (Å²) in [5, 5.41) is 26.9. The quantitative estimate of drug-likeness (QED) is 0.0604. The second kappa shape index (κ2) is 21.9. The van der Waals surface area contributed by atoms with E-state index in [-0.39, 0.29) is 28.6 Å². The normalized spacial score (nSPS) is 26.1. The minimum atomic E-state index is -4.63. The third kappa shape index (κ3) is 11.1. The van der Waals surface area contributed by atoms with Crippen LogP contribution in [0.25, 0.3) is 11.0 Å². The number of carbonyl (C=O) groups is 1. The molecule has 12 rings (SSSR count). The summed E-state index contributed by atoms with van der Waals surface area (Å²) < 4.78 is 49.1. The predicted molar refractivity (Wildman–Crippen MR) is 304 cm³/mol. The standard InChI is InChI=1S/C60H77N9O9S/c1-39(2)46-6-4-5-7-47(46)54-37-65(36-41-15-27-76-28-16-41)25-26-67(54)44-33-60(34-44)20-23-66(24-21-60)43-8-10-48(51(31-43)68-50-17-29-77-38-55(50)78-58-53(68)30-42-14-22-61-56(42)63-58)57(70)64-79(74,75)45-9-11-49(52(32-45)69(72)73)62-35-40-12-18-59(3,71)19-13-40/h4-11,14,22,30-32,39-41,44,50,54-55,62,71H,12-13,15-21,23-29,33-38H2,1-3H3,(H,61,63)(H,64,70)/t40?,50-,54-,55-,59?/m0/s1. The number of benzene rings is 3. The highest BCUT2D eigenvalue weighted by Gasteiger charge is 2.51. The molecule has 0 unspecified atom stereocenters. The Kier molecular flexibility index (Phi) is 14.9. The maximum Gasteiger partial charge on any atom is 0.293 e. The second-order valence-electron chi connectivity index (χ2n) is 24.5. The Labute approximate surface area is 463 Å². The molecule has 4 saturated heterocycles. The highest BCUT2D eigenvalue weighted by molar-refractivity contribution is 7.90. The first kappa shape index (κ1) is 53.8. The van der Waals surface area contributed by atoms with Gasteiger partial charge in [0.15, 0.2) is 0 Å². The van der Waals surface area contributed by atoms with E-state index in [2.05, 4.69) is 72.7 Å². The third-order valence-corrected chi connectivity index (χ3v) is 20.2. The Morgan fingerprint density at radius 2 is 1.67 bits per heavy atom. The van der Waals surface area contributed by atoms with Crippen molar-refractivity contribution in [3.8, 4) is 5.88 Å². The topological polar surface area (TPSA) is 208 Å². The molecule has 2 saturated carbocycles. The van der Waals surface area contributed by atoms with Gasteiger partial charge in [0.2, 0.25) is 5.88 Å². The average molecular weight is 1100 g/mol. The number of H-pyrrole nitrogens is 1. The van der Waals surface area contributed by atoms with E-state index in [9.17, 15) is 28.4 Å². The van der Waals surface area contributed by atoms with Gasteiger partial charge in [-0.3, -0.25) is 24.7 Å². The van der Waals surface area contributed by atoms with Crippen LogP contribution in [0.5, 0.6) is 5.88 Å². The van der Waals surface area contributed by atoms with Gasteiger partial charge in [0.25, 0.3) is 21.6 Å². The number of nitro benzene ring substituents is 1. The molecule has 1 spiro atoms. The predicted octanol–water partition coefficient (Wildman–Crippen LogP) is 9.29. The molecular weight excluding hydrogens is 1020 g/mol. The smallest absolute Gasteiger partial charge is 0.293 e. The fourth-order valence-corrected chi connectivity index (χ4v) is 15.2. The Morgan fingerprint density at radius 3 is 2.44 bits per heavy atom. The van der Waals surface area contributed by atoms with E-state index in [0.29, 0.717) is 85.8 Å². The zero-order valence-corrected chi connectivity index (χ0v) is 46.7. The fraction of sp³-hybridized carbons (Fsp3) is 0.567. The third-order valence-electron chi connectivity index (χ3n) is 18.9. The van der Waals surface area contributed by atoms with Crippen molar-refractivity contribution < 1.29 is 37.5 Å². The van der Waals surface area contributed by atoms with E-state index in [1.165, 1.54) is 36.1 Å². The molecule has 1 amide bonds. The summed E-state index contributed by atoms with van der Waals surface area (Å²) >= 11 is 0. The molecule has 3 atom stereocenters. The molecule has 3 aromatic carbocycles. The summed E-state index contributed by atoms with van der Waals surface area (Å²) in [4.78, 5) is 44.4. The number of nitro groups is 1. The molecule has 2 aliphatic carbocycles. The zero-order valence-electron chi connectivity index (χ0n) is 45.9. The largest absolute Gasteiger partial charge is 0.468 e. The summed E-state index contributed by atoms with van der Waals surface area (Å²) in [6, 6.07) is 22.9. The van der Waals surface area contributed by atoms with E-state index in [0.717, 1.165) is 108 Å². The number of aliphatic hydroxyl groups is 1. The summed E-state index contributed by atoms with van der Waals surface area (Å²) in [5.41, 5.74) is 5.07. The number of anilines is 4. The highest BCUT2D eigenvalue weighted by Crippen LogP contribution is 2.54. The number of pyridine rings is 1. The van der Waals surface area contributed by atoms with E-state index >= 15 is 0 Å². The van der Waals surface area contributed by atoms with Crippen LogP contribution in [-0.4, -0.2) is 140 Å². The van der Waals surface area contributed by atoms with Crippen molar-refractivity contribution in [1.29, 1.82) is 0 Å². The number of aromatic amines is 1. The summed E-state index contributed by atoms with van der Waals surface area (Å²) in [7, 11) is -4.63. The van der Waals surface area contributed by atoms with Gasteiger partial charge in [-0.25, -0.2) is 13.1 Å². The van der Waals surface area contributed by atoms with Crippen molar-refractivity contribution in [2.24, 2.45) is 17.3 Å². The number of piperidine rings is 1. The number of aromatic nitrogens is 2. The lowest BCUT2D eigenvalue weighted by Gasteiger charge is -2.58. The molecule has 0 radical (unpaired) electrons. The minimum Gasteiger partial charge on any atom is -0.468 e. The van der Waals surface area contributed by atoms with Crippen molar-refractivity contribution in [3.05, 3.63) is 106 Å². The van der Waals surface area contributed by atoms with Gasteiger partial charge in [0.1, 0.15) is 23.1 Å². The first-order valence-electron chi connectivity index (χ1n) is 29.0. The monoisotopic (exact) mass is 1100 g/mol. The summed E-state index contributed by atoms with van der Waals surface area (Å²) in [6.45, 7) is 15.4. The molecule has 422 valence electrons. The number of hydrogen-bond acceptors (Lipinski definition) is 15. The first-order chi connectivity index (χ1) is 38.1.